The molecule has 1 atom stereocenters. The van der Waals surface area contributed by atoms with E-state index in [1.54, 1.807) is 0 Å². The lowest BCUT2D eigenvalue weighted by molar-refractivity contribution is -0.137. The molecule has 0 aromatic rings. The summed E-state index contributed by atoms with van der Waals surface area (Å²) in [6.45, 7) is 0.174. The number of carbonyl (C=O) groups excluding carboxylic acids is 2. The van der Waals surface area contributed by atoms with Gasteiger partial charge in [0.2, 0.25) is 11.8 Å². The first kappa shape index (κ1) is 9.67. The second kappa shape index (κ2) is 4.00. The van der Waals surface area contributed by atoms with Crippen molar-refractivity contribution in [1.29, 1.82) is 0 Å². The van der Waals surface area contributed by atoms with Crippen LogP contribution in [0.15, 0.2) is 0 Å². The largest absolute Gasteiger partial charge is 0.282 e. The van der Waals surface area contributed by atoms with Crippen LogP contribution in [0.1, 0.15) is 12.8 Å². The van der Waals surface area contributed by atoms with Gasteiger partial charge >= 0.3 is 0 Å². The molecule has 12 heavy (non-hydrogen) atoms. The lowest BCUT2D eigenvalue weighted by Crippen LogP contribution is -2.32. The number of nitrogens with zero attached hydrogens (tertiary/aromatic N) is 1. The molecule has 0 bridgehead atoms. The fraction of sp³-hybridized carbons (Fsp3) is 0.667. The number of amides is 2. The fourth-order valence-electron chi connectivity index (χ4n) is 1.04. The zero-order chi connectivity index (χ0) is 9.14. The molecule has 1 saturated heterocycles. The minimum absolute atomic E-state index is 0.152. The van der Waals surface area contributed by atoms with E-state index in [4.69, 9.17) is 10.7 Å². The van der Waals surface area contributed by atoms with Crippen molar-refractivity contribution in [3.05, 3.63) is 0 Å². The Hall–Kier alpha value is -0.420. The number of hydrogen-bond acceptors (Lipinski definition) is 3. The summed E-state index contributed by atoms with van der Waals surface area (Å²) >= 11 is 0. The van der Waals surface area contributed by atoms with Gasteiger partial charge in [-0.25, -0.2) is 4.21 Å². The minimum atomic E-state index is -1.47. The Labute approximate surface area is 76.8 Å². The Kier molecular flexibility index (Phi) is 3.22. The first-order chi connectivity index (χ1) is 5.61. The molecule has 1 aliphatic rings. The third kappa shape index (κ3) is 2.28. The van der Waals surface area contributed by atoms with E-state index in [2.05, 4.69) is 0 Å². The Morgan fingerprint density at radius 3 is 2.25 bits per heavy atom. The van der Waals surface area contributed by atoms with Gasteiger partial charge in [-0.05, 0) is 10.7 Å². The monoisotopic (exact) mass is 209 g/mol. The zero-order valence-electron chi connectivity index (χ0n) is 6.29. The van der Waals surface area contributed by atoms with Gasteiger partial charge in [0.1, 0.15) is 10.0 Å². The minimum Gasteiger partial charge on any atom is -0.282 e. The summed E-state index contributed by atoms with van der Waals surface area (Å²) in [5.41, 5.74) is 0. The molecule has 0 spiro atoms. The average Bonchev–Trinajstić information content (AvgIpc) is 2.28. The predicted octanol–water partition coefficient (Wildman–Crippen LogP) is 0.0379. The zero-order valence-corrected chi connectivity index (χ0v) is 7.86. The summed E-state index contributed by atoms with van der Waals surface area (Å²) in [5, 5.41) is 0. The van der Waals surface area contributed by atoms with Crippen LogP contribution in [0.5, 0.6) is 0 Å². The SMILES string of the molecule is O=C1CCC(=O)N1CCS(=O)Cl. The second-order valence-electron chi connectivity index (χ2n) is 2.43. The van der Waals surface area contributed by atoms with Gasteiger partial charge in [0.05, 0.1) is 5.75 Å². The van der Waals surface area contributed by atoms with Crippen LogP contribution in [-0.2, 0) is 19.6 Å². The van der Waals surface area contributed by atoms with Crippen molar-refractivity contribution >= 4 is 32.5 Å². The molecule has 1 fully saturated rings. The van der Waals surface area contributed by atoms with Crippen molar-refractivity contribution in [3.63, 3.8) is 0 Å². The van der Waals surface area contributed by atoms with Crippen molar-refractivity contribution in [1.82, 2.24) is 4.90 Å². The molecule has 0 aliphatic carbocycles. The Morgan fingerprint density at radius 1 is 1.33 bits per heavy atom. The lowest BCUT2D eigenvalue weighted by atomic mass is 10.4. The van der Waals surface area contributed by atoms with Crippen molar-refractivity contribution in [2.24, 2.45) is 0 Å². The van der Waals surface area contributed by atoms with Gasteiger partial charge in [-0.15, -0.1) is 0 Å². The third-order valence-corrected chi connectivity index (χ3v) is 2.60. The quantitative estimate of drug-likeness (QED) is 0.487. The van der Waals surface area contributed by atoms with Gasteiger partial charge in [-0.1, -0.05) is 0 Å². The van der Waals surface area contributed by atoms with Crippen molar-refractivity contribution < 1.29 is 13.8 Å². The Balaban J connectivity index is 2.45. The molecule has 4 nitrogen and oxygen atoms in total. The average molecular weight is 210 g/mol. The highest BCUT2D eigenvalue weighted by atomic mass is 35.7. The molecule has 0 aromatic carbocycles. The first-order valence-corrected chi connectivity index (χ1v) is 5.63. The van der Waals surface area contributed by atoms with Gasteiger partial charge in [0.25, 0.3) is 0 Å². The number of halogens is 1. The smallest absolute Gasteiger partial charge is 0.229 e. The molecule has 1 heterocycles. The predicted molar refractivity (Wildman–Crippen MR) is 44.8 cm³/mol. The molecule has 1 aliphatic heterocycles. The summed E-state index contributed by atoms with van der Waals surface area (Å²) in [4.78, 5) is 23.0. The van der Waals surface area contributed by atoms with Crippen LogP contribution in [-0.4, -0.2) is 33.2 Å². The van der Waals surface area contributed by atoms with Gasteiger partial charge < -0.3 is 0 Å². The maximum Gasteiger partial charge on any atom is 0.229 e. The Morgan fingerprint density at radius 2 is 1.83 bits per heavy atom. The van der Waals surface area contributed by atoms with E-state index >= 15 is 0 Å². The van der Waals surface area contributed by atoms with Crippen LogP contribution in [0.25, 0.3) is 0 Å². The molecule has 0 radical (unpaired) electrons. The number of likely N-dealkylation sites (tertiary alicyclic amines) is 1. The van der Waals surface area contributed by atoms with E-state index < -0.39 is 10.0 Å². The Bertz CT molecular complexity index is 227. The maximum atomic E-state index is 11.0. The molecular formula is C6H8ClNO3S. The fourth-order valence-corrected chi connectivity index (χ4v) is 1.57. The second-order valence-corrected chi connectivity index (χ2v) is 4.45. The normalized spacial score (nSPS) is 20.2. The highest BCUT2D eigenvalue weighted by molar-refractivity contribution is 8.08. The van der Waals surface area contributed by atoms with E-state index in [1.165, 1.54) is 0 Å². The molecule has 0 saturated carbocycles. The van der Waals surface area contributed by atoms with Crippen LogP contribution in [0.3, 0.4) is 0 Å². The van der Waals surface area contributed by atoms with Crippen molar-refractivity contribution in [2.75, 3.05) is 12.3 Å². The van der Waals surface area contributed by atoms with Crippen molar-refractivity contribution in [2.45, 2.75) is 12.8 Å². The van der Waals surface area contributed by atoms with E-state index in [-0.39, 0.29) is 37.0 Å². The summed E-state index contributed by atoms with van der Waals surface area (Å²) in [7, 11) is 3.71. The number of rotatable bonds is 3. The molecule has 0 N–H and O–H groups in total. The van der Waals surface area contributed by atoms with Crippen molar-refractivity contribution in [3.8, 4) is 0 Å². The molecule has 1 rings (SSSR count). The van der Waals surface area contributed by atoms with Crippen LogP contribution >= 0.6 is 10.7 Å². The van der Waals surface area contributed by atoms with E-state index in [1.807, 2.05) is 0 Å². The summed E-state index contributed by atoms with van der Waals surface area (Å²) in [6.07, 6.45) is 0.543. The molecule has 0 aromatic heterocycles. The standard InChI is InChI=1S/C6H8ClNO3S/c7-12(11)4-3-8-5(9)1-2-6(8)10/h1-4H2. The van der Waals surface area contributed by atoms with Gasteiger partial charge in [-0.3, -0.25) is 14.5 Å². The highest BCUT2D eigenvalue weighted by Crippen LogP contribution is 2.11. The molecular weight excluding hydrogens is 202 g/mol. The molecule has 1 unspecified atom stereocenters. The number of carbonyl (C=O) groups is 2. The van der Waals surface area contributed by atoms with E-state index in [0.717, 1.165) is 4.90 Å². The number of imide groups is 1. The topological polar surface area (TPSA) is 54.5 Å². The highest BCUT2D eigenvalue weighted by Gasteiger charge is 2.28. The summed E-state index contributed by atoms with van der Waals surface area (Å²) < 4.78 is 10.4. The van der Waals surface area contributed by atoms with Crippen LogP contribution < -0.4 is 0 Å². The van der Waals surface area contributed by atoms with Gasteiger partial charge in [0.15, 0.2) is 0 Å². The summed E-state index contributed by atoms with van der Waals surface area (Å²) in [6, 6.07) is 0. The third-order valence-electron chi connectivity index (χ3n) is 1.63. The summed E-state index contributed by atoms with van der Waals surface area (Å²) in [5.74, 6) is -0.233. The van der Waals surface area contributed by atoms with E-state index in [0.29, 0.717) is 0 Å². The van der Waals surface area contributed by atoms with E-state index in [9.17, 15) is 13.8 Å². The van der Waals surface area contributed by atoms with Crippen LogP contribution in [0.4, 0.5) is 0 Å². The van der Waals surface area contributed by atoms with Gasteiger partial charge in [-0.2, -0.15) is 0 Å². The van der Waals surface area contributed by atoms with Crippen LogP contribution in [0, 0.1) is 0 Å². The maximum absolute atomic E-state index is 11.0. The molecule has 68 valence electrons. The molecule has 2 amide bonds. The first-order valence-electron chi connectivity index (χ1n) is 3.49. The number of hydrogen-bond donors (Lipinski definition) is 0. The van der Waals surface area contributed by atoms with Gasteiger partial charge in [0, 0.05) is 19.4 Å². The lowest BCUT2D eigenvalue weighted by Gasteiger charge is -2.11. The molecule has 6 heteroatoms. The van der Waals surface area contributed by atoms with Crippen LogP contribution in [0.2, 0.25) is 0 Å².